The van der Waals surface area contributed by atoms with E-state index in [9.17, 15) is 14.5 Å². The van der Waals surface area contributed by atoms with Gasteiger partial charge in [-0.3, -0.25) is 10.1 Å². The average molecular weight is 257 g/mol. The van der Waals surface area contributed by atoms with Crippen LogP contribution in [0.5, 0.6) is 5.75 Å². The average Bonchev–Trinajstić information content (AvgIpc) is 2.28. The molecule has 6 heteroatoms. The van der Waals surface area contributed by atoms with Gasteiger partial charge in [0.2, 0.25) is 0 Å². The fraction of sp³-hybridized carbons (Fsp3) is 0.273. The minimum atomic E-state index is -0.735. The van der Waals surface area contributed by atoms with E-state index < -0.39 is 10.7 Å². The molecule has 0 unspecified atom stereocenters. The Balaban J connectivity index is 2.84. The van der Waals surface area contributed by atoms with Crippen LogP contribution < -0.4 is 4.74 Å². The number of halogens is 1. The van der Waals surface area contributed by atoms with Crippen molar-refractivity contribution in [3.8, 4) is 5.75 Å². The van der Waals surface area contributed by atoms with Crippen molar-refractivity contribution in [1.82, 2.24) is 0 Å². The first kappa shape index (κ1) is 13.5. The summed E-state index contributed by atoms with van der Waals surface area (Å²) < 4.78 is 18.6. The molecule has 92 valence electrons. The van der Waals surface area contributed by atoms with Crippen molar-refractivity contribution < 1.29 is 14.1 Å². The van der Waals surface area contributed by atoms with E-state index in [1.807, 2.05) is 0 Å². The number of hydrogen-bond acceptors (Lipinski definition) is 4. The van der Waals surface area contributed by atoms with Crippen LogP contribution in [-0.2, 0) is 0 Å². The molecule has 0 saturated heterocycles. The molecule has 0 bridgehead atoms. The van der Waals surface area contributed by atoms with E-state index in [0.29, 0.717) is 11.3 Å². The van der Waals surface area contributed by atoms with Crippen molar-refractivity contribution in [3.05, 3.63) is 45.8 Å². The van der Waals surface area contributed by atoms with Crippen molar-refractivity contribution in [3.63, 3.8) is 0 Å². The number of ether oxygens (including phenoxy) is 1. The van der Waals surface area contributed by atoms with E-state index in [0.717, 1.165) is 6.07 Å². The summed E-state index contributed by atoms with van der Waals surface area (Å²) in [6.07, 6.45) is 3.46. The molecule has 1 aromatic carbocycles. The standard InChI is InChI=1S/C11H12FNO3S/c1-8-6-11(16-4-2-3-5-17)9(12)7-10(8)13(14)15/h2-3,6-7,17H,4-5H2,1H3/b3-2+. The number of nitro benzene ring substituents is 1. The van der Waals surface area contributed by atoms with Gasteiger partial charge in [-0.1, -0.05) is 12.2 Å². The number of hydrogen-bond donors (Lipinski definition) is 1. The Labute approximate surface area is 104 Å². The fourth-order valence-electron chi connectivity index (χ4n) is 1.23. The molecule has 0 spiro atoms. The Morgan fingerprint density at radius 3 is 2.82 bits per heavy atom. The van der Waals surface area contributed by atoms with Gasteiger partial charge in [-0.15, -0.1) is 0 Å². The van der Waals surface area contributed by atoms with Gasteiger partial charge in [0.1, 0.15) is 6.61 Å². The Hall–Kier alpha value is -1.56. The highest BCUT2D eigenvalue weighted by atomic mass is 32.1. The van der Waals surface area contributed by atoms with Crippen molar-refractivity contribution in [2.45, 2.75) is 6.92 Å². The summed E-state index contributed by atoms with van der Waals surface area (Å²) in [5.74, 6) is -0.149. The molecule has 0 amide bonds. The molecule has 0 saturated carbocycles. The molecule has 0 atom stereocenters. The lowest BCUT2D eigenvalue weighted by Crippen LogP contribution is -1.99. The second-order valence-electron chi connectivity index (χ2n) is 3.29. The second kappa shape index (κ2) is 6.24. The lowest BCUT2D eigenvalue weighted by Gasteiger charge is -2.06. The maximum atomic E-state index is 13.4. The number of thiol groups is 1. The van der Waals surface area contributed by atoms with Gasteiger partial charge in [0.15, 0.2) is 11.6 Å². The quantitative estimate of drug-likeness (QED) is 0.382. The number of nitrogens with zero attached hydrogens (tertiary/aromatic N) is 1. The minimum Gasteiger partial charge on any atom is -0.486 e. The molecular weight excluding hydrogens is 245 g/mol. The highest BCUT2D eigenvalue weighted by molar-refractivity contribution is 7.80. The summed E-state index contributed by atoms with van der Waals surface area (Å²) in [5.41, 5.74) is 0.116. The Morgan fingerprint density at radius 1 is 1.53 bits per heavy atom. The number of rotatable bonds is 5. The molecule has 0 radical (unpaired) electrons. The lowest BCUT2D eigenvalue weighted by molar-refractivity contribution is -0.385. The normalized spacial score (nSPS) is 10.8. The largest absolute Gasteiger partial charge is 0.486 e. The first-order valence-electron chi connectivity index (χ1n) is 4.89. The van der Waals surface area contributed by atoms with Crippen molar-refractivity contribution in [1.29, 1.82) is 0 Å². The molecule has 1 aromatic rings. The molecule has 4 nitrogen and oxygen atoms in total. The molecule has 1 rings (SSSR count). The molecule has 17 heavy (non-hydrogen) atoms. The lowest BCUT2D eigenvalue weighted by atomic mass is 10.2. The third-order valence-corrected chi connectivity index (χ3v) is 2.27. The van der Waals surface area contributed by atoms with E-state index in [4.69, 9.17) is 4.74 Å². The summed E-state index contributed by atoms with van der Waals surface area (Å²) >= 11 is 3.96. The molecular formula is C11H12FNO3S. The summed E-state index contributed by atoms with van der Waals surface area (Å²) in [6, 6.07) is 2.19. The van der Waals surface area contributed by atoms with Crippen LogP contribution in [0.15, 0.2) is 24.3 Å². The van der Waals surface area contributed by atoms with Crippen LogP contribution in [0.4, 0.5) is 10.1 Å². The molecule has 0 aliphatic carbocycles. The zero-order chi connectivity index (χ0) is 12.8. The van der Waals surface area contributed by atoms with Gasteiger partial charge in [0.05, 0.1) is 11.0 Å². The van der Waals surface area contributed by atoms with Crippen LogP contribution >= 0.6 is 12.6 Å². The highest BCUT2D eigenvalue weighted by Crippen LogP contribution is 2.26. The zero-order valence-electron chi connectivity index (χ0n) is 9.22. The predicted molar refractivity (Wildman–Crippen MR) is 66.3 cm³/mol. The fourth-order valence-corrected chi connectivity index (χ4v) is 1.38. The first-order chi connectivity index (χ1) is 8.06. The highest BCUT2D eigenvalue weighted by Gasteiger charge is 2.15. The van der Waals surface area contributed by atoms with Crippen molar-refractivity contribution in [2.24, 2.45) is 0 Å². The molecule has 0 N–H and O–H groups in total. The van der Waals surface area contributed by atoms with Crippen LogP contribution in [0.3, 0.4) is 0 Å². The molecule has 0 heterocycles. The monoisotopic (exact) mass is 257 g/mol. The SMILES string of the molecule is Cc1cc(OC/C=C/CS)c(F)cc1[N+](=O)[O-]. The Morgan fingerprint density at radius 2 is 2.24 bits per heavy atom. The molecule has 0 fully saturated rings. The third-order valence-electron chi connectivity index (χ3n) is 2.05. The van der Waals surface area contributed by atoms with Gasteiger partial charge in [-0.25, -0.2) is 4.39 Å². The van der Waals surface area contributed by atoms with Gasteiger partial charge in [-0.05, 0) is 13.0 Å². The summed E-state index contributed by atoms with van der Waals surface area (Å²) in [4.78, 5) is 9.94. The van der Waals surface area contributed by atoms with E-state index in [-0.39, 0.29) is 18.0 Å². The van der Waals surface area contributed by atoms with Gasteiger partial charge in [0, 0.05) is 11.3 Å². The summed E-state index contributed by atoms with van der Waals surface area (Å²) in [6.45, 7) is 1.74. The molecule has 0 aliphatic rings. The maximum absolute atomic E-state index is 13.4. The van der Waals surface area contributed by atoms with Crippen LogP contribution in [0.25, 0.3) is 0 Å². The topological polar surface area (TPSA) is 52.4 Å². The third kappa shape index (κ3) is 3.74. The minimum absolute atomic E-state index is 0.0110. The summed E-state index contributed by atoms with van der Waals surface area (Å²) in [5, 5.41) is 10.6. The zero-order valence-corrected chi connectivity index (χ0v) is 10.1. The van der Waals surface area contributed by atoms with E-state index in [1.165, 1.54) is 13.0 Å². The van der Waals surface area contributed by atoms with Crippen LogP contribution in [0.1, 0.15) is 5.56 Å². The van der Waals surface area contributed by atoms with Crippen LogP contribution in [0.2, 0.25) is 0 Å². The van der Waals surface area contributed by atoms with Crippen LogP contribution in [-0.4, -0.2) is 17.3 Å². The van der Waals surface area contributed by atoms with E-state index in [1.54, 1.807) is 12.2 Å². The van der Waals surface area contributed by atoms with Gasteiger partial charge in [-0.2, -0.15) is 12.6 Å². The number of aryl methyl sites for hydroxylation is 1. The molecule has 0 aliphatic heterocycles. The van der Waals surface area contributed by atoms with E-state index in [2.05, 4.69) is 12.6 Å². The maximum Gasteiger partial charge on any atom is 0.275 e. The summed E-state index contributed by atoms with van der Waals surface area (Å²) in [7, 11) is 0. The van der Waals surface area contributed by atoms with Gasteiger partial charge >= 0.3 is 0 Å². The van der Waals surface area contributed by atoms with Gasteiger partial charge in [0.25, 0.3) is 5.69 Å². The number of benzene rings is 1. The van der Waals surface area contributed by atoms with Gasteiger partial charge < -0.3 is 4.74 Å². The smallest absolute Gasteiger partial charge is 0.275 e. The Bertz CT molecular complexity index is 449. The van der Waals surface area contributed by atoms with Crippen molar-refractivity contribution >= 4 is 18.3 Å². The second-order valence-corrected chi connectivity index (χ2v) is 3.66. The number of nitro groups is 1. The predicted octanol–water partition coefficient (Wildman–Crippen LogP) is 2.91. The molecule has 0 aromatic heterocycles. The Kier molecular flexibility index (Phi) is 4.96. The first-order valence-corrected chi connectivity index (χ1v) is 5.52. The van der Waals surface area contributed by atoms with Crippen LogP contribution in [0, 0.1) is 22.9 Å². The van der Waals surface area contributed by atoms with Crippen molar-refractivity contribution in [2.75, 3.05) is 12.4 Å². The van der Waals surface area contributed by atoms with E-state index >= 15 is 0 Å².